The highest BCUT2D eigenvalue weighted by molar-refractivity contribution is 9.11. The van der Waals surface area contributed by atoms with Gasteiger partial charge in [0.2, 0.25) is 0 Å². The molecule has 0 fully saturated rings. The van der Waals surface area contributed by atoms with E-state index in [1.54, 1.807) is 0 Å². The molecule has 0 heterocycles. The standard InChI is InChI=1S/C11H8Br2N2O4/c1-2-3-14-10(16)6-19-11-8(12)4-7(15(17)18)5-9(11)13/h1,4-5H,3,6H2,(H,14,16). The van der Waals surface area contributed by atoms with E-state index in [1.165, 1.54) is 12.1 Å². The number of hydrogen-bond acceptors (Lipinski definition) is 4. The molecule has 0 radical (unpaired) electrons. The third-order valence-electron chi connectivity index (χ3n) is 1.93. The highest BCUT2D eigenvalue weighted by atomic mass is 79.9. The van der Waals surface area contributed by atoms with Crippen LogP contribution in [0.15, 0.2) is 21.1 Å². The number of nitro benzene ring substituents is 1. The number of halogens is 2. The van der Waals surface area contributed by atoms with Crippen molar-refractivity contribution < 1.29 is 14.5 Å². The number of terminal acetylenes is 1. The van der Waals surface area contributed by atoms with E-state index in [0.717, 1.165) is 0 Å². The van der Waals surface area contributed by atoms with Crippen molar-refractivity contribution in [3.63, 3.8) is 0 Å². The molecule has 0 aliphatic rings. The summed E-state index contributed by atoms with van der Waals surface area (Å²) in [6, 6.07) is 2.58. The number of rotatable bonds is 5. The number of nitrogens with one attached hydrogen (secondary N) is 1. The van der Waals surface area contributed by atoms with Crippen LogP contribution in [0.1, 0.15) is 0 Å². The Balaban J connectivity index is 2.77. The predicted molar refractivity (Wildman–Crippen MR) is 75.8 cm³/mol. The highest BCUT2D eigenvalue weighted by Gasteiger charge is 2.15. The minimum absolute atomic E-state index is 0.0946. The third kappa shape index (κ3) is 4.54. The number of carbonyl (C=O) groups excluding carboxylic acids is 1. The average Bonchev–Trinajstić information content (AvgIpc) is 2.34. The van der Waals surface area contributed by atoms with Gasteiger partial charge in [-0.15, -0.1) is 6.42 Å². The SMILES string of the molecule is C#CCNC(=O)COc1c(Br)cc([N+](=O)[O-])cc1Br. The lowest BCUT2D eigenvalue weighted by atomic mass is 10.3. The molecule has 0 saturated heterocycles. The number of nitro groups is 1. The molecule has 0 spiro atoms. The largest absolute Gasteiger partial charge is 0.481 e. The topological polar surface area (TPSA) is 81.5 Å². The lowest BCUT2D eigenvalue weighted by Crippen LogP contribution is -2.29. The smallest absolute Gasteiger partial charge is 0.271 e. The summed E-state index contributed by atoms with van der Waals surface area (Å²) in [5.41, 5.74) is -0.0946. The van der Waals surface area contributed by atoms with Gasteiger partial charge in [0.25, 0.3) is 11.6 Å². The molecule has 0 saturated carbocycles. The van der Waals surface area contributed by atoms with Crippen LogP contribution in [0.2, 0.25) is 0 Å². The maximum Gasteiger partial charge on any atom is 0.271 e. The zero-order chi connectivity index (χ0) is 14.4. The van der Waals surface area contributed by atoms with Crippen LogP contribution in [0.5, 0.6) is 5.75 Å². The molecule has 1 amide bonds. The zero-order valence-corrected chi connectivity index (χ0v) is 12.7. The molecular formula is C11H8Br2N2O4. The fourth-order valence-corrected chi connectivity index (χ4v) is 2.52. The van der Waals surface area contributed by atoms with Gasteiger partial charge in [-0.3, -0.25) is 14.9 Å². The lowest BCUT2D eigenvalue weighted by Gasteiger charge is -2.09. The minimum Gasteiger partial charge on any atom is -0.481 e. The van der Waals surface area contributed by atoms with Gasteiger partial charge in [-0.1, -0.05) is 5.92 Å². The lowest BCUT2D eigenvalue weighted by molar-refractivity contribution is -0.385. The number of carbonyl (C=O) groups is 1. The van der Waals surface area contributed by atoms with Crippen LogP contribution in [0, 0.1) is 22.5 Å². The second-order valence-corrected chi connectivity index (χ2v) is 4.97. The summed E-state index contributed by atoms with van der Waals surface area (Å²) in [5, 5.41) is 13.1. The Bertz CT molecular complexity index is 531. The molecule has 0 unspecified atom stereocenters. The molecule has 19 heavy (non-hydrogen) atoms. The molecule has 100 valence electrons. The Morgan fingerprint density at radius 1 is 1.47 bits per heavy atom. The van der Waals surface area contributed by atoms with E-state index in [4.69, 9.17) is 11.2 Å². The Hall–Kier alpha value is -1.59. The van der Waals surface area contributed by atoms with Crippen molar-refractivity contribution in [3.8, 4) is 18.1 Å². The van der Waals surface area contributed by atoms with Gasteiger partial charge in [0, 0.05) is 12.1 Å². The van der Waals surface area contributed by atoms with Crippen molar-refractivity contribution in [1.82, 2.24) is 5.32 Å². The van der Waals surface area contributed by atoms with Crippen LogP contribution in [-0.2, 0) is 4.79 Å². The number of amides is 1. The molecule has 0 aromatic heterocycles. The first-order valence-electron chi connectivity index (χ1n) is 4.92. The summed E-state index contributed by atoms with van der Waals surface area (Å²) in [7, 11) is 0. The van der Waals surface area contributed by atoms with E-state index in [9.17, 15) is 14.9 Å². The number of nitrogens with zero attached hydrogens (tertiary/aromatic N) is 1. The minimum atomic E-state index is -0.529. The second kappa shape index (κ2) is 7.11. The molecule has 1 N–H and O–H groups in total. The van der Waals surface area contributed by atoms with Crippen molar-refractivity contribution in [2.24, 2.45) is 0 Å². The average molecular weight is 392 g/mol. The van der Waals surface area contributed by atoms with Gasteiger partial charge in [-0.05, 0) is 31.9 Å². The van der Waals surface area contributed by atoms with Crippen molar-refractivity contribution in [2.75, 3.05) is 13.2 Å². The fraction of sp³-hybridized carbons (Fsp3) is 0.182. The molecule has 1 rings (SSSR count). The fourth-order valence-electron chi connectivity index (χ4n) is 1.13. The summed E-state index contributed by atoms with van der Waals surface area (Å²) < 4.78 is 6.01. The highest BCUT2D eigenvalue weighted by Crippen LogP contribution is 2.37. The van der Waals surface area contributed by atoms with Gasteiger partial charge in [0.1, 0.15) is 5.75 Å². The first kappa shape index (κ1) is 15.5. The number of non-ortho nitro benzene ring substituents is 1. The summed E-state index contributed by atoms with van der Waals surface area (Å²) in [5.74, 6) is 2.19. The van der Waals surface area contributed by atoms with Crippen molar-refractivity contribution in [2.45, 2.75) is 0 Å². The normalized spacial score (nSPS) is 9.53. The zero-order valence-electron chi connectivity index (χ0n) is 9.48. The molecular weight excluding hydrogens is 384 g/mol. The van der Waals surface area contributed by atoms with Crippen LogP contribution in [-0.4, -0.2) is 24.0 Å². The van der Waals surface area contributed by atoms with E-state index >= 15 is 0 Å². The van der Waals surface area contributed by atoms with Crippen LogP contribution >= 0.6 is 31.9 Å². The number of benzene rings is 1. The molecule has 0 aliphatic heterocycles. The van der Waals surface area contributed by atoms with Gasteiger partial charge < -0.3 is 10.1 Å². The Kier molecular flexibility index (Phi) is 5.79. The third-order valence-corrected chi connectivity index (χ3v) is 3.11. The summed E-state index contributed by atoms with van der Waals surface area (Å²) in [4.78, 5) is 21.4. The Labute approximate surface area is 125 Å². The van der Waals surface area contributed by atoms with Crippen LogP contribution in [0.3, 0.4) is 0 Å². The molecule has 8 heteroatoms. The molecule has 0 atom stereocenters. The van der Waals surface area contributed by atoms with Gasteiger partial charge in [0.15, 0.2) is 6.61 Å². The van der Waals surface area contributed by atoms with Gasteiger partial charge >= 0.3 is 0 Å². The van der Waals surface area contributed by atoms with E-state index in [-0.39, 0.29) is 24.7 Å². The second-order valence-electron chi connectivity index (χ2n) is 3.27. The maximum atomic E-state index is 11.3. The van der Waals surface area contributed by atoms with E-state index in [0.29, 0.717) is 14.7 Å². The summed E-state index contributed by atoms with van der Waals surface area (Å²) in [6.45, 7) is -0.124. The number of ether oxygens (including phenoxy) is 1. The first-order valence-corrected chi connectivity index (χ1v) is 6.50. The molecule has 1 aromatic carbocycles. The van der Waals surface area contributed by atoms with E-state index in [1.807, 2.05) is 0 Å². The monoisotopic (exact) mass is 390 g/mol. The predicted octanol–water partition coefficient (Wildman–Crippen LogP) is 2.25. The van der Waals surface area contributed by atoms with E-state index < -0.39 is 4.92 Å². The van der Waals surface area contributed by atoms with Gasteiger partial charge in [-0.25, -0.2) is 0 Å². The van der Waals surface area contributed by atoms with Crippen LogP contribution in [0.4, 0.5) is 5.69 Å². The molecule has 0 aliphatic carbocycles. The first-order chi connectivity index (χ1) is 8.95. The van der Waals surface area contributed by atoms with Crippen molar-refractivity contribution in [3.05, 3.63) is 31.2 Å². The quantitative estimate of drug-likeness (QED) is 0.474. The maximum absolute atomic E-state index is 11.3. The molecule has 1 aromatic rings. The summed E-state index contributed by atoms with van der Waals surface area (Å²) in [6.07, 6.45) is 4.99. The molecule has 6 nitrogen and oxygen atoms in total. The van der Waals surface area contributed by atoms with Crippen LogP contribution < -0.4 is 10.1 Å². The van der Waals surface area contributed by atoms with Crippen molar-refractivity contribution >= 4 is 43.5 Å². The molecule has 0 bridgehead atoms. The number of hydrogen-bond donors (Lipinski definition) is 1. The summed E-state index contributed by atoms with van der Waals surface area (Å²) >= 11 is 6.29. The van der Waals surface area contributed by atoms with Gasteiger partial charge in [0.05, 0.1) is 20.4 Å². The van der Waals surface area contributed by atoms with Gasteiger partial charge in [-0.2, -0.15) is 0 Å². The Morgan fingerprint density at radius 3 is 2.53 bits per heavy atom. The Morgan fingerprint density at radius 2 is 2.05 bits per heavy atom. The van der Waals surface area contributed by atoms with E-state index in [2.05, 4.69) is 43.1 Å². The van der Waals surface area contributed by atoms with Crippen LogP contribution in [0.25, 0.3) is 0 Å². The van der Waals surface area contributed by atoms with Crippen molar-refractivity contribution in [1.29, 1.82) is 0 Å².